The van der Waals surface area contributed by atoms with Crippen molar-refractivity contribution in [3.05, 3.63) is 29.8 Å². The Kier molecular flexibility index (Phi) is 5.67. The van der Waals surface area contributed by atoms with Crippen molar-refractivity contribution < 1.29 is 5.11 Å². The van der Waals surface area contributed by atoms with Crippen LogP contribution in [-0.4, -0.2) is 17.7 Å². The number of nitriles is 1. The Morgan fingerprint density at radius 1 is 1.28 bits per heavy atom. The molecule has 1 atom stereocenters. The van der Waals surface area contributed by atoms with Crippen LogP contribution in [0.4, 0.5) is 5.69 Å². The maximum atomic E-state index is 9.75. The zero-order valence-electron chi connectivity index (χ0n) is 11.4. The number of hydrogen-bond donors (Lipinski definition) is 1. The lowest BCUT2D eigenvalue weighted by molar-refractivity contribution is 0.173. The van der Waals surface area contributed by atoms with Crippen LogP contribution in [0.15, 0.2) is 24.3 Å². The standard InChI is InChI=1S/C15H22N2O/c1-4-15(18)13-6-8-14(9-7-13)17(12(2)3)11-5-10-16/h6-9,12,15,18H,4-5,11H2,1-3H3/t15-/m0/s1. The molecule has 0 bridgehead atoms. The Bertz CT molecular complexity index is 392. The first-order valence-corrected chi connectivity index (χ1v) is 6.51. The van der Waals surface area contributed by atoms with Crippen LogP contribution in [0.1, 0.15) is 45.3 Å². The molecule has 0 aromatic heterocycles. The maximum absolute atomic E-state index is 9.75. The monoisotopic (exact) mass is 246 g/mol. The summed E-state index contributed by atoms with van der Waals surface area (Å²) in [5.41, 5.74) is 2.05. The summed E-state index contributed by atoms with van der Waals surface area (Å²) in [6, 6.07) is 10.5. The number of hydrogen-bond acceptors (Lipinski definition) is 3. The van der Waals surface area contributed by atoms with E-state index in [1.807, 2.05) is 31.2 Å². The summed E-state index contributed by atoms with van der Waals surface area (Å²) in [4.78, 5) is 2.20. The van der Waals surface area contributed by atoms with Crippen molar-refractivity contribution in [1.82, 2.24) is 0 Å². The van der Waals surface area contributed by atoms with Crippen molar-refractivity contribution in [2.75, 3.05) is 11.4 Å². The molecule has 98 valence electrons. The Morgan fingerprint density at radius 3 is 2.33 bits per heavy atom. The lowest BCUT2D eigenvalue weighted by atomic mass is 10.1. The minimum atomic E-state index is -0.384. The van der Waals surface area contributed by atoms with Crippen molar-refractivity contribution in [2.45, 2.75) is 45.8 Å². The summed E-state index contributed by atoms with van der Waals surface area (Å²) >= 11 is 0. The number of benzene rings is 1. The molecule has 0 aliphatic rings. The SMILES string of the molecule is CC[C@H](O)c1ccc(N(CCC#N)C(C)C)cc1. The molecule has 0 amide bonds. The predicted molar refractivity (Wildman–Crippen MR) is 74.4 cm³/mol. The topological polar surface area (TPSA) is 47.3 Å². The van der Waals surface area contributed by atoms with Gasteiger partial charge in [-0.1, -0.05) is 19.1 Å². The molecule has 0 radical (unpaired) electrons. The second-order valence-electron chi connectivity index (χ2n) is 4.71. The molecule has 0 saturated carbocycles. The van der Waals surface area contributed by atoms with E-state index in [9.17, 15) is 5.11 Å². The Balaban J connectivity index is 2.84. The molecule has 1 rings (SSSR count). The summed E-state index contributed by atoms with van der Waals surface area (Å²) < 4.78 is 0. The average molecular weight is 246 g/mol. The zero-order valence-corrected chi connectivity index (χ0v) is 11.4. The highest BCUT2D eigenvalue weighted by molar-refractivity contribution is 5.48. The number of nitrogens with zero attached hydrogens (tertiary/aromatic N) is 2. The van der Waals surface area contributed by atoms with Crippen molar-refractivity contribution in [1.29, 1.82) is 5.26 Å². The largest absolute Gasteiger partial charge is 0.388 e. The molecular weight excluding hydrogens is 224 g/mol. The third-order valence-electron chi connectivity index (χ3n) is 3.08. The average Bonchev–Trinajstić information content (AvgIpc) is 2.38. The highest BCUT2D eigenvalue weighted by Gasteiger charge is 2.11. The molecule has 0 saturated heterocycles. The third-order valence-corrected chi connectivity index (χ3v) is 3.08. The number of aliphatic hydroxyl groups excluding tert-OH is 1. The van der Waals surface area contributed by atoms with Crippen LogP contribution >= 0.6 is 0 Å². The van der Waals surface area contributed by atoms with Crippen LogP contribution in [-0.2, 0) is 0 Å². The van der Waals surface area contributed by atoms with Crippen LogP contribution in [0.3, 0.4) is 0 Å². The van der Waals surface area contributed by atoms with Gasteiger partial charge in [0.05, 0.1) is 18.6 Å². The van der Waals surface area contributed by atoms with Crippen LogP contribution in [0, 0.1) is 11.3 Å². The molecule has 1 N–H and O–H groups in total. The van der Waals surface area contributed by atoms with Crippen LogP contribution in [0.2, 0.25) is 0 Å². The van der Waals surface area contributed by atoms with Crippen molar-refractivity contribution in [3.8, 4) is 6.07 Å². The van der Waals surface area contributed by atoms with Crippen LogP contribution in [0.25, 0.3) is 0 Å². The fraction of sp³-hybridized carbons (Fsp3) is 0.533. The molecule has 0 spiro atoms. The van der Waals surface area contributed by atoms with Crippen molar-refractivity contribution >= 4 is 5.69 Å². The summed E-state index contributed by atoms with van der Waals surface area (Å²) in [6.07, 6.45) is 0.866. The van der Waals surface area contributed by atoms with Crippen LogP contribution in [0.5, 0.6) is 0 Å². The number of aliphatic hydroxyl groups is 1. The Labute approximate surface area is 110 Å². The van der Waals surface area contributed by atoms with Gasteiger partial charge in [0.1, 0.15) is 0 Å². The molecule has 0 unspecified atom stereocenters. The summed E-state index contributed by atoms with van der Waals surface area (Å²) in [6.45, 7) is 6.94. The van der Waals surface area contributed by atoms with E-state index in [0.29, 0.717) is 12.5 Å². The van der Waals surface area contributed by atoms with E-state index in [1.54, 1.807) is 0 Å². The first kappa shape index (κ1) is 14.5. The zero-order chi connectivity index (χ0) is 13.5. The van der Waals surface area contributed by atoms with Gasteiger partial charge in [-0.05, 0) is 38.0 Å². The Hall–Kier alpha value is -1.53. The number of anilines is 1. The maximum Gasteiger partial charge on any atom is 0.0787 e. The number of rotatable bonds is 6. The molecule has 0 aliphatic heterocycles. The summed E-state index contributed by atoms with van der Waals surface area (Å²) in [5.74, 6) is 0. The van der Waals surface area contributed by atoms with E-state index < -0.39 is 0 Å². The fourth-order valence-electron chi connectivity index (χ4n) is 1.98. The van der Waals surface area contributed by atoms with E-state index in [0.717, 1.165) is 24.2 Å². The normalized spacial score (nSPS) is 12.2. The molecule has 1 aromatic rings. The molecule has 18 heavy (non-hydrogen) atoms. The van der Waals surface area contributed by atoms with Gasteiger partial charge in [0.15, 0.2) is 0 Å². The minimum Gasteiger partial charge on any atom is -0.388 e. The summed E-state index contributed by atoms with van der Waals surface area (Å²) in [5, 5.41) is 18.4. The van der Waals surface area contributed by atoms with Gasteiger partial charge in [-0.3, -0.25) is 0 Å². The summed E-state index contributed by atoms with van der Waals surface area (Å²) in [7, 11) is 0. The first-order chi connectivity index (χ1) is 8.60. The molecule has 3 heteroatoms. The molecule has 0 fully saturated rings. The molecule has 0 heterocycles. The van der Waals surface area contributed by atoms with E-state index in [1.165, 1.54) is 0 Å². The Morgan fingerprint density at radius 2 is 1.89 bits per heavy atom. The molecule has 0 aliphatic carbocycles. The first-order valence-electron chi connectivity index (χ1n) is 6.51. The van der Waals surface area contributed by atoms with Crippen molar-refractivity contribution in [2.24, 2.45) is 0 Å². The van der Waals surface area contributed by atoms with Gasteiger partial charge >= 0.3 is 0 Å². The van der Waals surface area contributed by atoms with Gasteiger partial charge in [0.25, 0.3) is 0 Å². The lowest BCUT2D eigenvalue weighted by Gasteiger charge is -2.28. The van der Waals surface area contributed by atoms with Gasteiger partial charge in [-0.15, -0.1) is 0 Å². The van der Waals surface area contributed by atoms with Gasteiger partial charge in [0, 0.05) is 18.3 Å². The van der Waals surface area contributed by atoms with Gasteiger partial charge < -0.3 is 10.0 Å². The lowest BCUT2D eigenvalue weighted by Crippen LogP contribution is -2.31. The quantitative estimate of drug-likeness (QED) is 0.838. The van der Waals surface area contributed by atoms with E-state index in [-0.39, 0.29) is 6.10 Å². The van der Waals surface area contributed by atoms with Crippen molar-refractivity contribution in [3.63, 3.8) is 0 Å². The fourth-order valence-corrected chi connectivity index (χ4v) is 1.98. The highest BCUT2D eigenvalue weighted by atomic mass is 16.3. The van der Waals surface area contributed by atoms with Crippen LogP contribution < -0.4 is 4.90 Å². The predicted octanol–water partition coefficient (Wildman–Crippen LogP) is 3.26. The molecule has 1 aromatic carbocycles. The van der Waals surface area contributed by atoms with Gasteiger partial charge in [-0.25, -0.2) is 0 Å². The van der Waals surface area contributed by atoms with E-state index >= 15 is 0 Å². The second kappa shape index (κ2) is 7.03. The molecule has 3 nitrogen and oxygen atoms in total. The highest BCUT2D eigenvalue weighted by Crippen LogP contribution is 2.22. The van der Waals surface area contributed by atoms with Gasteiger partial charge in [0.2, 0.25) is 0 Å². The van der Waals surface area contributed by atoms with Gasteiger partial charge in [-0.2, -0.15) is 5.26 Å². The third kappa shape index (κ3) is 3.75. The smallest absolute Gasteiger partial charge is 0.0787 e. The van der Waals surface area contributed by atoms with E-state index in [2.05, 4.69) is 24.8 Å². The minimum absolute atomic E-state index is 0.361. The second-order valence-corrected chi connectivity index (χ2v) is 4.71. The van der Waals surface area contributed by atoms with E-state index in [4.69, 9.17) is 5.26 Å². The molecular formula is C15H22N2O.